The number of ether oxygens (including phenoxy) is 3. The molecular weight excluding hydrogens is 442 g/mol. The largest absolute Gasteiger partial charge is 0.493 e. The highest BCUT2D eigenvalue weighted by molar-refractivity contribution is 5.97. The van der Waals surface area contributed by atoms with E-state index in [2.05, 4.69) is 10.7 Å². The first-order valence-electron chi connectivity index (χ1n) is 10.7. The number of rotatable bonds is 9. The van der Waals surface area contributed by atoms with Crippen molar-refractivity contribution in [3.63, 3.8) is 0 Å². The lowest BCUT2D eigenvalue weighted by molar-refractivity contribution is -0.151. The third kappa shape index (κ3) is 5.83. The molecule has 0 unspecified atom stereocenters. The Hall–Kier alpha value is -4.08. The SMILES string of the molecule is CCc1ccccc1NC(=O)COC(=O)[C@H]1CC(=O)N(NC(=O)c2ccc(OC)c(OC)c2)C1. The second-order valence-corrected chi connectivity index (χ2v) is 7.58. The monoisotopic (exact) mass is 469 g/mol. The number of esters is 1. The molecule has 2 aromatic carbocycles. The average Bonchev–Trinajstić information content (AvgIpc) is 3.22. The minimum absolute atomic E-state index is 0.0585. The number of nitrogens with zero attached hydrogens (tertiary/aromatic N) is 1. The lowest BCUT2D eigenvalue weighted by Crippen LogP contribution is -2.43. The van der Waals surface area contributed by atoms with Crippen molar-refractivity contribution in [2.75, 3.05) is 32.7 Å². The normalized spacial score (nSPS) is 15.0. The standard InChI is InChI=1S/C24H27N3O7/c1-4-15-7-5-6-8-18(15)25-21(28)14-34-24(31)17-12-22(29)27(13-17)26-23(30)16-9-10-19(32-2)20(11-16)33-3/h5-11,17H,4,12-14H2,1-3H3,(H,25,28)(H,26,30)/t17-/m0/s1. The van der Waals surface area contributed by atoms with Gasteiger partial charge in [-0.05, 0) is 36.2 Å². The van der Waals surface area contributed by atoms with Gasteiger partial charge in [-0.15, -0.1) is 0 Å². The predicted molar refractivity (Wildman–Crippen MR) is 122 cm³/mol. The zero-order valence-corrected chi connectivity index (χ0v) is 19.3. The van der Waals surface area contributed by atoms with Crippen molar-refractivity contribution >= 4 is 29.4 Å². The molecule has 0 spiro atoms. The van der Waals surface area contributed by atoms with Crippen molar-refractivity contribution < 1.29 is 33.4 Å². The molecule has 0 saturated carbocycles. The number of amides is 3. The van der Waals surface area contributed by atoms with Crippen LogP contribution in [0, 0.1) is 5.92 Å². The van der Waals surface area contributed by atoms with Crippen molar-refractivity contribution in [2.45, 2.75) is 19.8 Å². The van der Waals surface area contributed by atoms with E-state index in [-0.39, 0.29) is 18.5 Å². The summed E-state index contributed by atoms with van der Waals surface area (Å²) in [6, 6.07) is 11.9. The highest BCUT2D eigenvalue weighted by atomic mass is 16.5. The summed E-state index contributed by atoms with van der Waals surface area (Å²) >= 11 is 0. The molecule has 34 heavy (non-hydrogen) atoms. The van der Waals surface area contributed by atoms with Crippen LogP contribution in [0.15, 0.2) is 42.5 Å². The second-order valence-electron chi connectivity index (χ2n) is 7.58. The fourth-order valence-electron chi connectivity index (χ4n) is 3.53. The molecule has 3 amide bonds. The molecule has 1 atom stereocenters. The molecule has 0 bridgehead atoms. The molecule has 1 fully saturated rings. The molecule has 2 N–H and O–H groups in total. The van der Waals surface area contributed by atoms with Crippen molar-refractivity contribution in [3.8, 4) is 11.5 Å². The zero-order valence-electron chi connectivity index (χ0n) is 19.3. The van der Waals surface area contributed by atoms with E-state index in [1.807, 2.05) is 19.1 Å². The van der Waals surface area contributed by atoms with Gasteiger partial charge in [-0.3, -0.25) is 29.6 Å². The van der Waals surface area contributed by atoms with E-state index in [1.54, 1.807) is 18.2 Å². The first kappa shape index (κ1) is 24.6. The summed E-state index contributed by atoms with van der Waals surface area (Å²) in [5.74, 6) is -2.11. The summed E-state index contributed by atoms with van der Waals surface area (Å²) in [6.07, 6.45) is 0.608. The number of benzene rings is 2. The van der Waals surface area contributed by atoms with Gasteiger partial charge in [-0.1, -0.05) is 25.1 Å². The fourth-order valence-corrected chi connectivity index (χ4v) is 3.53. The van der Waals surface area contributed by atoms with Gasteiger partial charge in [0.15, 0.2) is 18.1 Å². The Kier molecular flexibility index (Phi) is 8.07. The van der Waals surface area contributed by atoms with Crippen LogP contribution in [0.2, 0.25) is 0 Å². The van der Waals surface area contributed by atoms with Crippen LogP contribution in [0.5, 0.6) is 11.5 Å². The van der Waals surface area contributed by atoms with Gasteiger partial charge in [-0.2, -0.15) is 0 Å². The fraction of sp³-hybridized carbons (Fsp3) is 0.333. The Morgan fingerprint density at radius 3 is 2.50 bits per heavy atom. The smallest absolute Gasteiger partial charge is 0.311 e. The molecule has 180 valence electrons. The van der Waals surface area contributed by atoms with E-state index in [9.17, 15) is 19.2 Å². The van der Waals surface area contributed by atoms with Gasteiger partial charge in [0.1, 0.15) is 0 Å². The number of carbonyl (C=O) groups excluding carboxylic acids is 4. The van der Waals surface area contributed by atoms with E-state index >= 15 is 0 Å². The topological polar surface area (TPSA) is 123 Å². The first-order valence-corrected chi connectivity index (χ1v) is 10.7. The summed E-state index contributed by atoms with van der Waals surface area (Å²) in [5, 5.41) is 3.79. The number of hydrogen-bond donors (Lipinski definition) is 2. The number of hydrazine groups is 1. The van der Waals surface area contributed by atoms with Gasteiger partial charge in [0.2, 0.25) is 5.91 Å². The molecule has 0 aromatic heterocycles. The summed E-state index contributed by atoms with van der Waals surface area (Å²) in [4.78, 5) is 49.5. The van der Waals surface area contributed by atoms with Crippen LogP contribution in [0.4, 0.5) is 5.69 Å². The van der Waals surface area contributed by atoms with Gasteiger partial charge in [-0.25, -0.2) is 0 Å². The summed E-state index contributed by atoms with van der Waals surface area (Å²) in [5.41, 5.74) is 4.36. The molecule has 10 heteroatoms. The molecule has 2 aromatic rings. The van der Waals surface area contributed by atoms with Gasteiger partial charge in [0.25, 0.3) is 11.8 Å². The van der Waals surface area contributed by atoms with Crippen LogP contribution in [0.25, 0.3) is 0 Å². The lowest BCUT2D eigenvalue weighted by atomic mass is 10.1. The summed E-state index contributed by atoms with van der Waals surface area (Å²) in [6.45, 7) is 1.44. The predicted octanol–water partition coefficient (Wildman–Crippen LogP) is 1.94. The van der Waals surface area contributed by atoms with Gasteiger partial charge in [0.05, 0.1) is 26.7 Å². The Morgan fingerprint density at radius 1 is 1.06 bits per heavy atom. The summed E-state index contributed by atoms with van der Waals surface area (Å²) < 4.78 is 15.4. The third-order valence-electron chi connectivity index (χ3n) is 5.36. The van der Waals surface area contributed by atoms with E-state index in [0.717, 1.165) is 17.0 Å². The molecule has 3 rings (SSSR count). The molecule has 1 aliphatic heterocycles. The maximum absolute atomic E-state index is 12.6. The van der Waals surface area contributed by atoms with Crippen LogP contribution in [-0.4, -0.2) is 56.1 Å². The Morgan fingerprint density at radius 2 is 1.79 bits per heavy atom. The minimum atomic E-state index is -0.797. The summed E-state index contributed by atoms with van der Waals surface area (Å²) in [7, 11) is 2.93. The highest BCUT2D eigenvalue weighted by Crippen LogP contribution is 2.27. The molecule has 1 saturated heterocycles. The van der Waals surface area contributed by atoms with E-state index in [4.69, 9.17) is 14.2 Å². The minimum Gasteiger partial charge on any atom is -0.493 e. The van der Waals surface area contributed by atoms with E-state index in [0.29, 0.717) is 17.2 Å². The van der Waals surface area contributed by atoms with Gasteiger partial charge >= 0.3 is 5.97 Å². The third-order valence-corrected chi connectivity index (χ3v) is 5.36. The van der Waals surface area contributed by atoms with Gasteiger partial charge < -0.3 is 19.5 Å². The average molecular weight is 469 g/mol. The zero-order chi connectivity index (χ0) is 24.7. The van der Waals surface area contributed by atoms with Crippen LogP contribution >= 0.6 is 0 Å². The van der Waals surface area contributed by atoms with Crippen molar-refractivity contribution in [3.05, 3.63) is 53.6 Å². The molecular formula is C24H27N3O7. The first-order chi connectivity index (χ1) is 16.4. The molecule has 0 aliphatic carbocycles. The van der Waals surface area contributed by atoms with Crippen LogP contribution in [0.1, 0.15) is 29.3 Å². The second kappa shape index (κ2) is 11.2. The number of aryl methyl sites for hydroxylation is 1. The number of para-hydroxylation sites is 1. The number of carbonyl (C=O) groups is 4. The lowest BCUT2D eigenvalue weighted by Gasteiger charge is -2.18. The van der Waals surface area contributed by atoms with E-state index in [1.165, 1.54) is 26.4 Å². The number of nitrogens with one attached hydrogen (secondary N) is 2. The Bertz CT molecular complexity index is 1090. The van der Waals surface area contributed by atoms with Crippen molar-refractivity contribution in [2.24, 2.45) is 5.92 Å². The Labute approximate surface area is 197 Å². The van der Waals surface area contributed by atoms with Crippen molar-refractivity contribution in [1.82, 2.24) is 10.4 Å². The maximum Gasteiger partial charge on any atom is 0.311 e. The molecule has 0 radical (unpaired) electrons. The molecule has 1 aliphatic rings. The molecule has 1 heterocycles. The molecule has 10 nitrogen and oxygen atoms in total. The van der Waals surface area contributed by atoms with Gasteiger partial charge in [0, 0.05) is 17.7 Å². The quantitative estimate of drug-likeness (QED) is 0.538. The Balaban J connectivity index is 1.52. The van der Waals surface area contributed by atoms with E-state index < -0.39 is 36.2 Å². The van der Waals surface area contributed by atoms with Crippen molar-refractivity contribution in [1.29, 1.82) is 0 Å². The van der Waals surface area contributed by atoms with Crippen LogP contribution in [-0.2, 0) is 25.5 Å². The number of methoxy groups -OCH3 is 2. The number of hydrogen-bond acceptors (Lipinski definition) is 7. The number of anilines is 1. The maximum atomic E-state index is 12.6. The van der Waals surface area contributed by atoms with Crippen LogP contribution in [0.3, 0.4) is 0 Å². The van der Waals surface area contributed by atoms with Crippen LogP contribution < -0.4 is 20.2 Å². The highest BCUT2D eigenvalue weighted by Gasteiger charge is 2.36.